The molecule has 0 radical (unpaired) electrons. The number of carbonyl (C=O) groups excluding carboxylic acids is 2. The molecular weight excluding hydrogens is 388 g/mol. The van der Waals surface area contributed by atoms with Gasteiger partial charge < -0.3 is 15.0 Å². The van der Waals surface area contributed by atoms with Gasteiger partial charge in [0.15, 0.2) is 0 Å². The van der Waals surface area contributed by atoms with Crippen molar-refractivity contribution in [3.8, 4) is 5.75 Å². The number of aryl methyl sites for hydroxylation is 1. The Morgan fingerprint density at radius 2 is 2.14 bits per heavy atom. The summed E-state index contributed by atoms with van der Waals surface area (Å²) in [6.45, 7) is 10.9. The summed E-state index contributed by atoms with van der Waals surface area (Å²) in [5, 5.41) is 6.96. The van der Waals surface area contributed by atoms with Gasteiger partial charge in [-0.25, -0.2) is 0 Å². The minimum absolute atomic E-state index is 0.0432. The minimum atomic E-state index is -0.624. The molecule has 7 nitrogen and oxygen atoms in total. The van der Waals surface area contributed by atoms with Crippen LogP contribution >= 0.6 is 11.5 Å². The van der Waals surface area contributed by atoms with Crippen LogP contribution in [0.3, 0.4) is 0 Å². The van der Waals surface area contributed by atoms with Crippen LogP contribution in [0.15, 0.2) is 18.2 Å². The predicted octanol–water partition coefficient (Wildman–Crippen LogP) is 4.15. The fourth-order valence-corrected chi connectivity index (χ4v) is 3.84. The molecule has 3 rings (SSSR count). The van der Waals surface area contributed by atoms with Gasteiger partial charge >= 0.3 is 0 Å². The monoisotopic (exact) mass is 416 g/mol. The lowest BCUT2D eigenvalue weighted by Gasteiger charge is -2.29. The van der Waals surface area contributed by atoms with Crippen molar-refractivity contribution in [2.45, 2.75) is 47.5 Å². The maximum Gasteiger partial charge on any atom is 0.269 e. The molecule has 2 heterocycles. The summed E-state index contributed by atoms with van der Waals surface area (Å²) in [7, 11) is 0. The van der Waals surface area contributed by atoms with E-state index in [1.807, 2.05) is 26.8 Å². The molecule has 2 amide bonds. The Hall–Kier alpha value is -2.48. The summed E-state index contributed by atoms with van der Waals surface area (Å²) < 4.78 is 9.90. The van der Waals surface area contributed by atoms with E-state index in [0.29, 0.717) is 35.2 Å². The van der Waals surface area contributed by atoms with Crippen LogP contribution in [-0.2, 0) is 11.2 Å². The number of carbonyl (C=O) groups is 2. The summed E-state index contributed by atoms with van der Waals surface area (Å²) in [4.78, 5) is 28.1. The summed E-state index contributed by atoms with van der Waals surface area (Å²) in [6, 6.07) is 5.42. The third-order valence-corrected chi connectivity index (χ3v) is 5.48. The average molecular weight is 417 g/mol. The van der Waals surface area contributed by atoms with Gasteiger partial charge in [-0.15, -0.1) is 5.10 Å². The first kappa shape index (κ1) is 21.2. The second kappa shape index (κ2) is 8.49. The van der Waals surface area contributed by atoms with Crippen LogP contribution in [0.25, 0.3) is 0 Å². The Balaban J connectivity index is 1.88. The van der Waals surface area contributed by atoms with Crippen molar-refractivity contribution in [3.63, 3.8) is 0 Å². The van der Waals surface area contributed by atoms with Gasteiger partial charge in [-0.2, -0.15) is 0 Å². The molecule has 2 aromatic rings. The van der Waals surface area contributed by atoms with Crippen molar-refractivity contribution in [1.82, 2.24) is 9.59 Å². The number of nitrogens with zero attached hydrogens (tertiary/aromatic N) is 3. The maximum atomic E-state index is 13.0. The van der Waals surface area contributed by atoms with Gasteiger partial charge in [0.25, 0.3) is 5.91 Å². The molecule has 0 fully saturated rings. The highest BCUT2D eigenvalue weighted by molar-refractivity contribution is 7.08. The molecule has 0 aliphatic carbocycles. The van der Waals surface area contributed by atoms with Crippen LogP contribution in [0.1, 0.15) is 56.4 Å². The number of nitrogens with one attached hydrogen (secondary N) is 1. The Bertz CT molecular complexity index is 907. The molecular formula is C21H28N4O3S. The van der Waals surface area contributed by atoms with Gasteiger partial charge in [0, 0.05) is 18.3 Å². The maximum absolute atomic E-state index is 13.0. The molecule has 0 saturated heterocycles. The van der Waals surface area contributed by atoms with Crippen molar-refractivity contribution < 1.29 is 14.3 Å². The lowest BCUT2D eigenvalue weighted by atomic mass is 9.92. The number of hydrogen-bond acceptors (Lipinski definition) is 6. The smallest absolute Gasteiger partial charge is 0.269 e. The summed E-state index contributed by atoms with van der Waals surface area (Å²) in [5.74, 6) is 0.726. The molecule has 29 heavy (non-hydrogen) atoms. The first-order valence-electron chi connectivity index (χ1n) is 9.94. The zero-order chi connectivity index (χ0) is 21.2. The second-order valence-electron chi connectivity index (χ2n) is 8.42. The number of anilines is 2. The molecule has 0 bridgehead atoms. The Morgan fingerprint density at radius 3 is 2.83 bits per heavy atom. The van der Waals surface area contributed by atoms with Gasteiger partial charge in [0.1, 0.15) is 17.2 Å². The first-order valence-corrected chi connectivity index (χ1v) is 10.7. The van der Waals surface area contributed by atoms with E-state index in [2.05, 4.69) is 28.8 Å². The van der Waals surface area contributed by atoms with E-state index in [0.717, 1.165) is 29.3 Å². The van der Waals surface area contributed by atoms with Crippen LogP contribution in [0, 0.1) is 11.3 Å². The standard InChI is InChI=1S/C21H28N4O3S/c1-6-7-15-18(29-24-23-15)19(26)22-14-8-9-16-17(10-14)28-12-21(4,5)20(27)25(16)11-13(2)3/h8-10,13H,6-7,11-12H2,1-5H3,(H,22,26). The van der Waals surface area contributed by atoms with Crippen LogP contribution in [0.2, 0.25) is 0 Å². The number of fused-ring (bicyclic) bond motifs is 1. The molecule has 8 heteroatoms. The Morgan fingerprint density at radius 1 is 1.38 bits per heavy atom. The van der Waals surface area contributed by atoms with Gasteiger partial charge in [0.05, 0.1) is 16.8 Å². The molecule has 1 aromatic carbocycles. The summed E-state index contributed by atoms with van der Waals surface area (Å²) >= 11 is 1.10. The first-order chi connectivity index (χ1) is 13.7. The van der Waals surface area contributed by atoms with E-state index in [9.17, 15) is 9.59 Å². The summed E-state index contributed by atoms with van der Waals surface area (Å²) in [5.41, 5.74) is 1.44. The van der Waals surface area contributed by atoms with E-state index in [1.165, 1.54) is 0 Å². The zero-order valence-electron chi connectivity index (χ0n) is 17.6. The van der Waals surface area contributed by atoms with Crippen molar-refractivity contribution in [2.24, 2.45) is 11.3 Å². The molecule has 0 unspecified atom stereocenters. The third-order valence-electron chi connectivity index (χ3n) is 4.72. The van der Waals surface area contributed by atoms with Gasteiger partial charge in [-0.3, -0.25) is 9.59 Å². The molecule has 1 N–H and O–H groups in total. The van der Waals surface area contributed by atoms with E-state index in [1.54, 1.807) is 17.0 Å². The lowest BCUT2D eigenvalue weighted by Crippen LogP contribution is -2.43. The number of ether oxygens (including phenoxy) is 1. The average Bonchev–Trinajstić information content (AvgIpc) is 3.10. The van der Waals surface area contributed by atoms with Crippen LogP contribution in [-0.4, -0.2) is 34.6 Å². The van der Waals surface area contributed by atoms with Gasteiger partial charge in [0.2, 0.25) is 5.91 Å². The van der Waals surface area contributed by atoms with E-state index in [4.69, 9.17) is 4.74 Å². The van der Waals surface area contributed by atoms with Crippen molar-refractivity contribution in [2.75, 3.05) is 23.4 Å². The highest BCUT2D eigenvalue weighted by Gasteiger charge is 2.38. The largest absolute Gasteiger partial charge is 0.490 e. The van der Waals surface area contributed by atoms with Crippen molar-refractivity contribution >= 4 is 34.7 Å². The highest BCUT2D eigenvalue weighted by Crippen LogP contribution is 2.38. The Kier molecular flexibility index (Phi) is 6.21. The zero-order valence-corrected chi connectivity index (χ0v) is 18.4. The second-order valence-corrected chi connectivity index (χ2v) is 9.17. The third kappa shape index (κ3) is 4.58. The highest BCUT2D eigenvalue weighted by atomic mass is 32.1. The molecule has 0 atom stereocenters. The predicted molar refractivity (Wildman–Crippen MR) is 115 cm³/mol. The number of benzene rings is 1. The number of rotatable bonds is 6. The number of amides is 2. The topological polar surface area (TPSA) is 84.4 Å². The fraction of sp³-hybridized carbons (Fsp3) is 0.524. The molecule has 1 aliphatic rings. The fourth-order valence-electron chi connectivity index (χ4n) is 3.24. The summed E-state index contributed by atoms with van der Waals surface area (Å²) in [6.07, 6.45) is 1.61. The number of hydrogen-bond donors (Lipinski definition) is 1. The van der Waals surface area contributed by atoms with Crippen LogP contribution in [0.4, 0.5) is 11.4 Å². The SMILES string of the molecule is CCCc1nnsc1C(=O)Nc1ccc2c(c1)OCC(C)(C)C(=O)N2CC(C)C. The van der Waals surface area contributed by atoms with Crippen molar-refractivity contribution in [3.05, 3.63) is 28.8 Å². The molecule has 156 valence electrons. The lowest BCUT2D eigenvalue weighted by molar-refractivity contribution is -0.127. The van der Waals surface area contributed by atoms with Gasteiger partial charge in [-0.1, -0.05) is 31.7 Å². The Labute approximate surface area is 175 Å². The van der Waals surface area contributed by atoms with Crippen molar-refractivity contribution in [1.29, 1.82) is 0 Å². The normalized spacial score (nSPS) is 15.7. The minimum Gasteiger partial charge on any atom is -0.490 e. The quantitative estimate of drug-likeness (QED) is 0.765. The van der Waals surface area contributed by atoms with Crippen LogP contribution in [0.5, 0.6) is 5.75 Å². The van der Waals surface area contributed by atoms with Gasteiger partial charge in [-0.05, 0) is 49.9 Å². The van der Waals surface area contributed by atoms with E-state index < -0.39 is 5.41 Å². The van der Waals surface area contributed by atoms with E-state index >= 15 is 0 Å². The van der Waals surface area contributed by atoms with E-state index in [-0.39, 0.29) is 18.4 Å². The molecule has 1 aromatic heterocycles. The van der Waals surface area contributed by atoms with Crippen LogP contribution < -0.4 is 15.0 Å². The number of aromatic nitrogens is 2. The molecule has 0 spiro atoms. The molecule has 0 saturated carbocycles. The molecule has 1 aliphatic heterocycles.